The van der Waals surface area contributed by atoms with Crippen LogP contribution in [0.1, 0.15) is 29.9 Å². The third-order valence-corrected chi connectivity index (χ3v) is 5.56. The van der Waals surface area contributed by atoms with Gasteiger partial charge in [0.15, 0.2) is 0 Å². The number of hydrogen-bond acceptors (Lipinski definition) is 6. The largest absolute Gasteiger partial charge is 0.363 e. The zero-order chi connectivity index (χ0) is 23.0. The minimum Gasteiger partial charge on any atom is -0.363 e. The first kappa shape index (κ1) is 23.4. The first-order valence-corrected chi connectivity index (χ1v) is 11.7. The molecule has 2 heterocycles. The normalized spacial score (nSPS) is 13.4. The topological polar surface area (TPSA) is 96.9 Å². The van der Waals surface area contributed by atoms with Crippen molar-refractivity contribution in [3.8, 4) is 0 Å². The number of nitrogens with zero attached hydrogens (tertiary/aromatic N) is 3. The highest BCUT2D eigenvalue weighted by atomic mass is 79.9. The summed E-state index contributed by atoms with van der Waals surface area (Å²) in [5, 5.41) is 3.67. The van der Waals surface area contributed by atoms with Gasteiger partial charge in [-0.2, -0.15) is 8.78 Å². The zero-order valence-corrected chi connectivity index (χ0v) is 19.2. The smallest absolute Gasteiger partial charge is 0.289 e. The lowest BCUT2D eigenvalue weighted by atomic mass is 10.00. The number of anilines is 1. The molecule has 31 heavy (non-hydrogen) atoms. The van der Waals surface area contributed by atoms with Gasteiger partial charge < -0.3 is 5.32 Å². The molecule has 2 aromatic heterocycles. The monoisotopic (exact) mass is 517 g/mol. The fraction of sp³-hybridized carbons (Fsp3) is 0.316. The van der Waals surface area contributed by atoms with Crippen molar-refractivity contribution in [1.82, 2.24) is 19.7 Å². The van der Waals surface area contributed by atoms with Gasteiger partial charge in [-0.3, -0.25) is 0 Å². The average molecular weight is 518 g/mol. The van der Waals surface area contributed by atoms with E-state index in [0.717, 1.165) is 12.3 Å². The van der Waals surface area contributed by atoms with Crippen LogP contribution >= 0.6 is 15.9 Å². The summed E-state index contributed by atoms with van der Waals surface area (Å²) >= 11 is 3.28. The quantitative estimate of drug-likeness (QED) is 0.459. The van der Waals surface area contributed by atoms with E-state index >= 15 is 4.39 Å². The van der Waals surface area contributed by atoms with E-state index < -0.39 is 39.9 Å². The predicted molar refractivity (Wildman–Crippen MR) is 115 cm³/mol. The van der Waals surface area contributed by atoms with Crippen LogP contribution in [-0.4, -0.2) is 36.2 Å². The Balaban J connectivity index is 1.95. The molecule has 2 N–H and O–H groups in total. The van der Waals surface area contributed by atoms with Gasteiger partial charge in [-0.15, -0.1) is 0 Å². The van der Waals surface area contributed by atoms with Crippen LogP contribution in [0.2, 0.25) is 0 Å². The molecule has 12 heteroatoms. The Morgan fingerprint density at radius 3 is 2.65 bits per heavy atom. The van der Waals surface area contributed by atoms with Crippen molar-refractivity contribution in [1.29, 1.82) is 0 Å². The summed E-state index contributed by atoms with van der Waals surface area (Å²) in [6.45, 7) is 2.05. The molecule has 0 aliphatic heterocycles. The molecule has 0 amide bonds. The van der Waals surface area contributed by atoms with Crippen LogP contribution < -0.4 is 10.0 Å². The Bertz CT molecular complexity index is 1240. The van der Waals surface area contributed by atoms with E-state index in [0.29, 0.717) is 27.1 Å². The van der Waals surface area contributed by atoms with Gasteiger partial charge in [0, 0.05) is 10.9 Å². The number of sulfonamides is 1. The van der Waals surface area contributed by atoms with E-state index in [4.69, 9.17) is 0 Å². The highest BCUT2D eigenvalue weighted by Crippen LogP contribution is 2.34. The van der Waals surface area contributed by atoms with Crippen molar-refractivity contribution >= 4 is 42.7 Å². The summed E-state index contributed by atoms with van der Waals surface area (Å²) < 4.78 is 68.7. The molecular formula is C19H19BrF3N5O2S. The van der Waals surface area contributed by atoms with Gasteiger partial charge in [-0.1, -0.05) is 18.2 Å². The summed E-state index contributed by atoms with van der Waals surface area (Å²) in [5.41, 5.74) is -0.349. The van der Waals surface area contributed by atoms with Crippen molar-refractivity contribution in [2.45, 2.75) is 25.8 Å². The maximum absolute atomic E-state index is 15.1. The number of aryl methyl sites for hydroxylation is 1. The van der Waals surface area contributed by atoms with Crippen LogP contribution in [0, 0.1) is 12.7 Å². The Labute approximate surface area is 185 Å². The van der Waals surface area contributed by atoms with Crippen molar-refractivity contribution in [2.24, 2.45) is 0 Å². The van der Waals surface area contributed by atoms with Gasteiger partial charge in [0.05, 0.1) is 36.1 Å². The number of fused-ring (bicyclic) bond motifs is 1. The number of alkyl halides is 2. The van der Waals surface area contributed by atoms with Crippen molar-refractivity contribution < 1.29 is 21.6 Å². The SMILES string of the molecule is Cc1nc(NC(C)c2cccc(C(F)(F)CNS(C)(=O)=O)c2F)c2cc(Br)ncc2n1. The standard InChI is InChI=1S/C19H19BrF3N5O2S/c1-10(26-18-13-7-16(20)24-8-15(13)27-11(2)28-18)12-5-4-6-14(17(12)21)19(22,23)9-25-31(3,29)30/h4-8,10,25H,9H2,1-3H3,(H,26,27,28). The first-order valence-electron chi connectivity index (χ1n) is 9.05. The summed E-state index contributed by atoms with van der Waals surface area (Å²) in [4.78, 5) is 12.8. The maximum Gasteiger partial charge on any atom is 0.289 e. The summed E-state index contributed by atoms with van der Waals surface area (Å²) in [6.07, 6.45) is 2.31. The van der Waals surface area contributed by atoms with Crippen LogP contribution in [0.4, 0.5) is 19.0 Å². The Kier molecular flexibility index (Phi) is 6.53. The third kappa shape index (κ3) is 5.49. The fourth-order valence-corrected chi connectivity index (χ4v) is 3.77. The number of halogens is 4. The van der Waals surface area contributed by atoms with Crippen LogP contribution in [0.15, 0.2) is 35.1 Å². The lowest BCUT2D eigenvalue weighted by Crippen LogP contribution is -2.35. The molecule has 0 bridgehead atoms. The van der Waals surface area contributed by atoms with Crippen LogP contribution in [0.3, 0.4) is 0 Å². The average Bonchev–Trinajstić information content (AvgIpc) is 2.66. The van der Waals surface area contributed by atoms with Gasteiger partial charge in [0.25, 0.3) is 5.92 Å². The second-order valence-corrected chi connectivity index (χ2v) is 9.66. The van der Waals surface area contributed by atoms with Crippen molar-refractivity contribution in [3.05, 3.63) is 57.8 Å². The summed E-state index contributed by atoms with van der Waals surface area (Å²) in [7, 11) is -3.86. The summed E-state index contributed by atoms with van der Waals surface area (Å²) in [6, 6.07) is 4.57. The van der Waals surface area contributed by atoms with E-state index in [9.17, 15) is 17.2 Å². The number of hydrogen-bond donors (Lipinski definition) is 2. The Morgan fingerprint density at radius 2 is 1.97 bits per heavy atom. The van der Waals surface area contributed by atoms with E-state index in [-0.39, 0.29) is 5.56 Å². The molecular weight excluding hydrogens is 499 g/mol. The molecule has 0 spiro atoms. The number of nitrogens with one attached hydrogen (secondary N) is 2. The first-order chi connectivity index (χ1) is 14.4. The molecule has 3 aromatic rings. The number of aromatic nitrogens is 3. The molecule has 3 rings (SSSR count). The maximum atomic E-state index is 15.1. The number of benzene rings is 1. The lowest BCUT2D eigenvalue weighted by molar-refractivity contribution is -0.00156. The van der Waals surface area contributed by atoms with Crippen LogP contribution in [0.25, 0.3) is 10.9 Å². The zero-order valence-electron chi connectivity index (χ0n) is 16.7. The molecule has 0 aliphatic carbocycles. The molecule has 0 saturated carbocycles. The predicted octanol–water partition coefficient (Wildman–Crippen LogP) is 4.05. The molecule has 0 saturated heterocycles. The van der Waals surface area contributed by atoms with Crippen LogP contribution in [0.5, 0.6) is 0 Å². The minimum absolute atomic E-state index is 0.0194. The van der Waals surface area contributed by atoms with Gasteiger partial charge >= 0.3 is 0 Å². The van der Waals surface area contributed by atoms with Gasteiger partial charge in [-0.25, -0.2) is 32.5 Å². The van der Waals surface area contributed by atoms with E-state index in [1.807, 2.05) is 0 Å². The van der Waals surface area contributed by atoms with E-state index in [1.165, 1.54) is 12.1 Å². The molecule has 0 radical (unpaired) electrons. The van der Waals surface area contributed by atoms with Gasteiger partial charge in [-0.05, 0) is 35.8 Å². The van der Waals surface area contributed by atoms with E-state index in [1.54, 1.807) is 30.8 Å². The number of rotatable bonds is 7. The second-order valence-electron chi connectivity index (χ2n) is 7.02. The summed E-state index contributed by atoms with van der Waals surface area (Å²) in [5.74, 6) is -4.01. The molecule has 1 atom stereocenters. The molecule has 1 unspecified atom stereocenters. The third-order valence-electron chi connectivity index (χ3n) is 4.46. The molecule has 166 valence electrons. The molecule has 0 fully saturated rings. The fourth-order valence-electron chi connectivity index (χ4n) is 3.00. The van der Waals surface area contributed by atoms with Crippen LogP contribution in [-0.2, 0) is 15.9 Å². The van der Waals surface area contributed by atoms with Gasteiger partial charge in [0.2, 0.25) is 10.0 Å². The minimum atomic E-state index is -3.86. The Hall–Kier alpha value is -2.31. The molecule has 7 nitrogen and oxygen atoms in total. The number of pyridine rings is 1. The highest BCUT2D eigenvalue weighted by Gasteiger charge is 2.36. The second kappa shape index (κ2) is 8.67. The van der Waals surface area contributed by atoms with Crippen molar-refractivity contribution in [2.75, 3.05) is 18.1 Å². The van der Waals surface area contributed by atoms with Crippen molar-refractivity contribution in [3.63, 3.8) is 0 Å². The lowest BCUT2D eigenvalue weighted by Gasteiger charge is -2.22. The van der Waals surface area contributed by atoms with Gasteiger partial charge in [0.1, 0.15) is 22.1 Å². The van der Waals surface area contributed by atoms with E-state index in [2.05, 4.69) is 36.2 Å². The highest BCUT2D eigenvalue weighted by molar-refractivity contribution is 9.10. The Morgan fingerprint density at radius 1 is 1.26 bits per heavy atom. The molecule has 0 aliphatic rings. The molecule has 1 aromatic carbocycles.